The van der Waals surface area contributed by atoms with E-state index in [2.05, 4.69) is 11.5 Å². The molecule has 0 unspecified atom stereocenters. The van der Waals surface area contributed by atoms with Gasteiger partial charge < -0.3 is 5.11 Å². The number of rotatable bonds is 1. The monoisotopic (exact) mass is 120 g/mol. The summed E-state index contributed by atoms with van der Waals surface area (Å²) in [7, 11) is 0. The van der Waals surface area contributed by atoms with Crippen molar-refractivity contribution in [3.63, 3.8) is 0 Å². The summed E-state index contributed by atoms with van der Waals surface area (Å²) in [6.07, 6.45) is 4.08. The van der Waals surface area contributed by atoms with Crippen LogP contribution in [-0.2, 0) is 0 Å². The fraction of sp³-hybridized carbons (Fsp3) is 0.250. The maximum Gasteiger partial charge on any atom is 0.127 e. The van der Waals surface area contributed by atoms with Crippen LogP contribution in [0.3, 0.4) is 0 Å². The molecule has 0 amide bonds. The molecule has 0 saturated heterocycles. The Morgan fingerprint density at radius 2 is 2.44 bits per heavy atom. The topological polar surface area (TPSA) is 20.2 Å². The van der Waals surface area contributed by atoms with Gasteiger partial charge in [-0.1, -0.05) is 18.4 Å². The Morgan fingerprint density at radius 1 is 1.67 bits per heavy atom. The highest BCUT2D eigenvalue weighted by Crippen LogP contribution is 2.10. The van der Waals surface area contributed by atoms with E-state index < -0.39 is 0 Å². The molecule has 46 valence electrons. The highest BCUT2D eigenvalue weighted by molar-refractivity contribution is 5.30. The molecular weight excluding hydrogens is 112 g/mol. The molecule has 1 aliphatic rings. The summed E-state index contributed by atoms with van der Waals surface area (Å²) in [6, 6.07) is 0. The van der Waals surface area contributed by atoms with Crippen LogP contribution >= 0.6 is 0 Å². The van der Waals surface area contributed by atoms with Crippen molar-refractivity contribution in [3.05, 3.63) is 34.9 Å². The van der Waals surface area contributed by atoms with Crippen LogP contribution in [-0.4, -0.2) is 5.11 Å². The van der Waals surface area contributed by atoms with Crippen molar-refractivity contribution in [2.75, 3.05) is 0 Å². The molecule has 0 radical (unpaired) electrons. The van der Waals surface area contributed by atoms with Crippen molar-refractivity contribution in [1.82, 2.24) is 0 Å². The SMILES string of the molecule is CCC1=C=C=CC=C1O. The Morgan fingerprint density at radius 3 is 2.89 bits per heavy atom. The third kappa shape index (κ3) is 1.14. The van der Waals surface area contributed by atoms with Crippen molar-refractivity contribution in [2.45, 2.75) is 13.3 Å². The van der Waals surface area contributed by atoms with Crippen molar-refractivity contribution >= 4 is 0 Å². The van der Waals surface area contributed by atoms with Gasteiger partial charge in [-0.05, 0) is 18.6 Å². The van der Waals surface area contributed by atoms with Gasteiger partial charge in [0.1, 0.15) is 5.76 Å². The largest absolute Gasteiger partial charge is 0.507 e. The van der Waals surface area contributed by atoms with Gasteiger partial charge in [-0.2, -0.15) is 0 Å². The van der Waals surface area contributed by atoms with Crippen LogP contribution in [0.25, 0.3) is 0 Å². The number of aliphatic hydroxyl groups is 1. The van der Waals surface area contributed by atoms with E-state index >= 15 is 0 Å². The smallest absolute Gasteiger partial charge is 0.127 e. The maximum atomic E-state index is 9.06. The molecule has 0 saturated carbocycles. The summed E-state index contributed by atoms with van der Waals surface area (Å²) in [5.74, 6) is 0.316. The maximum absolute atomic E-state index is 9.06. The average molecular weight is 120 g/mol. The highest BCUT2D eigenvalue weighted by atomic mass is 16.3. The van der Waals surface area contributed by atoms with Crippen LogP contribution in [0.4, 0.5) is 0 Å². The van der Waals surface area contributed by atoms with E-state index in [0.717, 1.165) is 12.0 Å². The number of aliphatic hydroxyl groups excluding tert-OH is 1. The predicted octanol–water partition coefficient (Wildman–Crippen LogP) is 2.09. The first-order valence-corrected chi connectivity index (χ1v) is 2.94. The van der Waals surface area contributed by atoms with Gasteiger partial charge in [-0.15, -0.1) is 0 Å². The van der Waals surface area contributed by atoms with E-state index in [1.807, 2.05) is 6.92 Å². The molecule has 1 nitrogen and oxygen atoms in total. The molecule has 0 aromatic carbocycles. The van der Waals surface area contributed by atoms with Gasteiger partial charge in [0.15, 0.2) is 0 Å². The Balaban J connectivity index is 3.02. The molecule has 9 heavy (non-hydrogen) atoms. The highest BCUT2D eigenvalue weighted by Gasteiger charge is 1.98. The second-order valence-corrected chi connectivity index (χ2v) is 1.82. The molecule has 0 aliphatic heterocycles. The number of hydrogen-bond donors (Lipinski definition) is 1. The van der Waals surface area contributed by atoms with E-state index in [1.54, 1.807) is 12.2 Å². The first-order chi connectivity index (χ1) is 4.34. The first kappa shape index (κ1) is 5.97. The summed E-state index contributed by atoms with van der Waals surface area (Å²) in [5, 5.41) is 9.06. The Labute approximate surface area is 54.3 Å². The zero-order valence-electron chi connectivity index (χ0n) is 5.31. The Kier molecular flexibility index (Phi) is 1.60. The van der Waals surface area contributed by atoms with Crippen LogP contribution in [0.1, 0.15) is 13.3 Å². The van der Waals surface area contributed by atoms with Crippen molar-refractivity contribution < 1.29 is 5.11 Å². The molecule has 1 rings (SSSR count). The van der Waals surface area contributed by atoms with Crippen LogP contribution in [0, 0.1) is 0 Å². The van der Waals surface area contributed by atoms with Gasteiger partial charge in [-0.25, -0.2) is 0 Å². The predicted molar refractivity (Wildman–Crippen MR) is 36.1 cm³/mol. The zero-order valence-corrected chi connectivity index (χ0v) is 5.31. The van der Waals surface area contributed by atoms with E-state index in [0.29, 0.717) is 5.76 Å². The van der Waals surface area contributed by atoms with E-state index in [-0.39, 0.29) is 0 Å². The zero-order chi connectivity index (χ0) is 6.69. The summed E-state index contributed by atoms with van der Waals surface area (Å²) < 4.78 is 0. The minimum Gasteiger partial charge on any atom is -0.507 e. The van der Waals surface area contributed by atoms with Gasteiger partial charge in [0.2, 0.25) is 0 Å². The molecule has 1 N–H and O–H groups in total. The van der Waals surface area contributed by atoms with Crippen molar-refractivity contribution in [3.8, 4) is 0 Å². The molecule has 0 aromatic heterocycles. The third-order valence-electron chi connectivity index (χ3n) is 1.21. The third-order valence-corrected chi connectivity index (χ3v) is 1.21. The van der Waals surface area contributed by atoms with Crippen molar-refractivity contribution in [2.24, 2.45) is 0 Å². The fourth-order valence-electron chi connectivity index (χ4n) is 0.684. The second kappa shape index (κ2) is 2.41. The van der Waals surface area contributed by atoms with Gasteiger partial charge >= 0.3 is 0 Å². The van der Waals surface area contributed by atoms with E-state index in [9.17, 15) is 0 Å². The lowest BCUT2D eigenvalue weighted by molar-refractivity contribution is 0.420. The normalized spacial score (nSPS) is 15.2. The number of allylic oxidation sites excluding steroid dienone is 3. The minimum absolute atomic E-state index is 0.316. The molecule has 0 fully saturated rings. The average Bonchev–Trinajstić information content (AvgIpc) is 1.89. The summed E-state index contributed by atoms with van der Waals surface area (Å²) in [4.78, 5) is 0. The molecule has 0 spiro atoms. The molecule has 1 aliphatic carbocycles. The quantitative estimate of drug-likeness (QED) is 0.525. The summed E-state index contributed by atoms with van der Waals surface area (Å²) in [5.41, 5.74) is 6.41. The molecule has 1 heteroatoms. The fourth-order valence-corrected chi connectivity index (χ4v) is 0.684. The Bertz CT molecular complexity index is 233. The lowest BCUT2D eigenvalue weighted by Gasteiger charge is -1.98. The van der Waals surface area contributed by atoms with Gasteiger partial charge in [-0.3, -0.25) is 0 Å². The van der Waals surface area contributed by atoms with E-state index in [4.69, 9.17) is 5.11 Å². The molecule has 0 atom stereocenters. The minimum atomic E-state index is 0.316. The second-order valence-electron chi connectivity index (χ2n) is 1.82. The lowest BCUT2D eigenvalue weighted by Crippen LogP contribution is -1.85. The first-order valence-electron chi connectivity index (χ1n) is 2.94. The molecule has 0 aromatic rings. The van der Waals surface area contributed by atoms with Gasteiger partial charge in [0.05, 0.1) is 0 Å². The van der Waals surface area contributed by atoms with Crippen LogP contribution in [0.15, 0.2) is 34.9 Å². The molecular formula is C8H8O. The van der Waals surface area contributed by atoms with Crippen LogP contribution < -0.4 is 0 Å². The molecule has 0 heterocycles. The Hall–Kier alpha value is -1.16. The van der Waals surface area contributed by atoms with Gasteiger partial charge in [0.25, 0.3) is 0 Å². The standard InChI is InChI=1S/C8H8O/c1-2-7-5-3-4-6-8(7)9/h4,6,9H,2H2,1H3. The van der Waals surface area contributed by atoms with Crippen LogP contribution in [0.2, 0.25) is 0 Å². The van der Waals surface area contributed by atoms with Crippen molar-refractivity contribution in [1.29, 1.82) is 0 Å². The summed E-state index contributed by atoms with van der Waals surface area (Å²) in [6.45, 7) is 1.97. The summed E-state index contributed by atoms with van der Waals surface area (Å²) >= 11 is 0. The van der Waals surface area contributed by atoms with Gasteiger partial charge in [0, 0.05) is 5.57 Å². The van der Waals surface area contributed by atoms with Crippen LogP contribution in [0.5, 0.6) is 0 Å². The lowest BCUT2D eigenvalue weighted by atomic mass is 10.1. The molecule has 0 bridgehead atoms. The number of hydrogen-bond acceptors (Lipinski definition) is 1. The van der Waals surface area contributed by atoms with E-state index in [1.165, 1.54) is 0 Å².